The quantitative estimate of drug-likeness (QED) is 0.321. The van der Waals surface area contributed by atoms with Gasteiger partial charge >= 0.3 is 17.9 Å². The number of carboxylic acid groups (broad SMARTS) is 2. The molecule has 0 spiro atoms. The van der Waals surface area contributed by atoms with Gasteiger partial charge in [-0.2, -0.15) is 0 Å². The number of benzene rings is 2. The van der Waals surface area contributed by atoms with Crippen molar-refractivity contribution in [1.82, 2.24) is 4.90 Å². The number of thioether (sulfide) groups is 1. The number of anilines is 1. The van der Waals surface area contributed by atoms with Gasteiger partial charge < -0.3 is 39.7 Å². The van der Waals surface area contributed by atoms with Crippen molar-refractivity contribution in [3.63, 3.8) is 0 Å². The van der Waals surface area contributed by atoms with Crippen LogP contribution in [-0.2, 0) is 23.9 Å². The summed E-state index contributed by atoms with van der Waals surface area (Å²) in [5.41, 5.74) is 1.75. The van der Waals surface area contributed by atoms with E-state index in [0.29, 0.717) is 13.1 Å². The van der Waals surface area contributed by atoms with E-state index < -0.39 is 36.2 Å². The van der Waals surface area contributed by atoms with Gasteiger partial charge in [-0.05, 0) is 43.9 Å². The van der Waals surface area contributed by atoms with Crippen LogP contribution >= 0.6 is 11.8 Å². The molecular formula is C26H32N2O10S. The molecule has 0 saturated heterocycles. The summed E-state index contributed by atoms with van der Waals surface area (Å²) in [4.78, 5) is 49.7. The number of para-hydroxylation sites is 1. The van der Waals surface area contributed by atoms with Gasteiger partial charge in [-0.1, -0.05) is 24.3 Å². The van der Waals surface area contributed by atoms with Crippen LogP contribution in [0.4, 0.5) is 5.69 Å². The first-order valence-corrected chi connectivity index (χ1v) is 12.6. The van der Waals surface area contributed by atoms with Crippen LogP contribution in [-0.4, -0.2) is 102 Å². The number of aliphatic carboxylic acids is 2. The molecule has 3 rings (SSSR count). The maximum atomic E-state index is 13.6. The van der Waals surface area contributed by atoms with Crippen LogP contribution in [0.15, 0.2) is 53.4 Å². The van der Waals surface area contributed by atoms with E-state index in [4.69, 9.17) is 29.9 Å². The predicted octanol–water partition coefficient (Wildman–Crippen LogP) is 1.25. The van der Waals surface area contributed by atoms with Crippen molar-refractivity contribution < 1.29 is 49.1 Å². The Hall–Kier alpha value is -3.65. The lowest BCUT2D eigenvalue weighted by atomic mass is 10.1. The molecule has 0 radical (unpaired) electrons. The molecule has 212 valence electrons. The number of likely N-dealkylation sites (N-methyl/N-ethyl adjacent to an activating group) is 1. The van der Waals surface area contributed by atoms with Gasteiger partial charge in [0.05, 0.1) is 18.0 Å². The molecule has 2 unspecified atom stereocenters. The van der Waals surface area contributed by atoms with Crippen LogP contribution in [0.25, 0.3) is 0 Å². The minimum atomic E-state index is -2.27. The number of fused-ring (bicyclic) bond motifs is 1. The van der Waals surface area contributed by atoms with Gasteiger partial charge in [-0.3, -0.25) is 9.59 Å². The fraction of sp³-hybridized carbons (Fsp3) is 0.385. The Balaban J connectivity index is 0.000000455. The van der Waals surface area contributed by atoms with Crippen molar-refractivity contribution in [2.45, 2.75) is 35.4 Å². The monoisotopic (exact) mass is 564 g/mol. The van der Waals surface area contributed by atoms with Crippen molar-refractivity contribution >= 4 is 41.3 Å². The summed E-state index contributed by atoms with van der Waals surface area (Å²) in [6.07, 6.45) is -5.45. The standard InChI is InChI=1S/C22H26N2O4S.C4H6O6/c1-15(25)28-20-21(16-9-11-17(27-4)12-10-16)29-19-8-6-5-7-18(19)24(22(20)26)14-13-23(2)3;5-1(3(7)8)2(6)4(9)10/h5-12,20-21H,13-14H2,1-4H3;1-2,5-6H,(H,7,8)(H,9,10)/t20-,21+;/m1./s1. The van der Waals surface area contributed by atoms with Gasteiger partial charge in [0, 0.05) is 24.9 Å². The number of methoxy groups -OCH3 is 1. The lowest BCUT2D eigenvalue weighted by Crippen LogP contribution is -2.45. The highest BCUT2D eigenvalue weighted by atomic mass is 32.2. The van der Waals surface area contributed by atoms with Crippen LogP contribution in [0.5, 0.6) is 5.75 Å². The number of aliphatic hydroxyl groups excluding tert-OH is 2. The number of hydrogen-bond donors (Lipinski definition) is 4. The SMILES string of the molecule is COc1ccc([C@@H]2Sc3ccccc3N(CCN(C)C)C(=O)[C@@H]2OC(C)=O)cc1.O=C(O)C(O)C(O)C(=O)O. The van der Waals surface area contributed by atoms with Crippen LogP contribution in [0.2, 0.25) is 0 Å². The zero-order chi connectivity index (χ0) is 29.3. The summed E-state index contributed by atoms with van der Waals surface area (Å²) in [6, 6.07) is 15.4. The first-order valence-electron chi connectivity index (χ1n) is 11.7. The van der Waals surface area contributed by atoms with Crippen molar-refractivity contribution in [1.29, 1.82) is 0 Å². The Labute approximate surface area is 229 Å². The third-order valence-corrected chi connectivity index (χ3v) is 6.88. The molecule has 1 amide bonds. The number of carbonyl (C=O) groups excluding carboxylic acids is 2. The smallest absolute Gasteiger partial charge is 0.335 e. The van der Waals surface area contributed by atoms with Gasteiger partial charge in [0.1, 0.15) is 5.75 Å². The Morgan fingerprint density at radius 1 is 1.00 bits per heavy atom. The van der Waals surface area contributed by atoms with Crippen molar-refractivity contribution in [2.24, 2.45) is 0 Å². The molecule has 1 aliphatic heterocycles. The van der Waals surface area contributed by atoms with Crippen molar-refractivity contribution in [2.75, 3.05) is 39.2 Å². The van der Waals surface area contributed by atoms with Crippen LogP contribution in [0.3, 0.4) is 0 Å². The summed E-state index contributed by atoms with van der Waals surface area (Å²) >= 11 is 1.54. The van der Waals surface area contributed by atoms with Crippen molar-refractivity contribution in [3.05, 3.63) is 54.1 Å². The van der Waals surface area contributed by atoms with E-state index in [1.807, 2.05) is 67.5 Å². The molecule has 4 atom stereocenters. The van der Waals surface area contributed by atoms with Crippen molar-refractivity contribution in [3.8, 4) is 5.75 Å². The summed E-state index contributed by atoms with van der Waals surface area (Å²) in [5, 5.41) is 32.2. The van der Waals surface area contributed by atoms with E-state index in [-0.39, 0.29) is 11.2 Å². The number of ether oxygens (including phenoxy) is 2. The Bertz CT molecular complexity index is 1140. The molecule has 2 aromatic rings. The zero-order valence-corrected chi connectivity index (χ0v) is 22.7. The van der Waals surface area contributed by atoms with Gasteiger partial charge in [-0.25, -0.2) is 9.59 Å². The third-order valence-electron chi connectivity index (χ3n) is 5.51. The number of carboxylic acids is 2. The third kappa shape index (κ3) is 8.68. The Kier molecular flexibility index (Phi) is 11.7. The van der Waals surface area contributed by atoms with Crippen LogP contribution in [0.1, 0.15) is 17.7 Å². The van der Waals surface area contributed by atoms with Crippen LogP contribution in [0, 0.1) is 0 Å². The molecule has 0 fully saturated rings. The summed E-state index contributed by atoms with van der Waals surface area (Å²) in [7, 11) is 5.54. The van der Waals surface area contributed by atoms with E-state index >= 15 is 0 Å². The summed E-state index contributed by atoms with van der Waals surface area (Å²) in [6.45, 7) is 2.55. The van der Waals surface area contributed by atoms with E-state index in [2.05, 4.69) is 0 Å². The second-order valence-electron chi connectivity index (χ2n) is 8.67. The number of aliphatic hydroxyl groups is 2. The molecule has 13 heteroatoms. The van der Waals surface area contributed by atoms with Gasteiger partial charge in [0.25, 0.3) is 5.91 Å². The minimum Gasteiger partial charge on any atom is -0.497 e. The van der Waals surface area contributed by atoms with E-state index in [0.717, 1.165) is 21.9 Å². The largest absolute Gasteiger partial charge is 0.497 e. The molecular weight excluding hydrogens is 532 g/mol. The number of carbonyl (C=O) groups is 4. The average Bonchev–Trinajstić information content (AvgIpc) is 3.01. The van der Waals surface area contributed by atoms with E-state index in [9.17, 15) is 19.2 Å². The maximum absolute atomic E-state index is 13.6. The first kappa shape index (κ1) is 31.6. The zero-order valence-electron chi connectivity index (χ0n) is 21.9. The fourth-order valence-electron chi connectivity index (χ4n) is 3.51. The molecule has 0 aromatic heterocycles. The normalized spacial score (nSPS) is 18.1. The second kappa shape index (κ2) is 14.5. The molecule has 39 heavy (non-hydrogen) atoms. The molecule has 0 saturated carbocycles. The number of amides is 1. The molecule has 0 bridgehead atoms. The Morgan fingerprint density at radius 2 is 1.56 bits per heavy atom. The molecule has 0 aliphatic carbocycles. The number of esters is 1. The van der Waals surface area contributed by atoms with Gasteiger partial charge in [-0.15, -0.1) is 11.8 Å². The molecule has 2 aromatic carbocycles. The fourth-order valence-corrected chi connectivity index (χ4v) is 4.83. The molecule has 12 nitrogen and oxygen atoms in total. The minimum absolute atomic E-state index is 0.208. The number of hydrogen-bond acceptors (Lipinski definition) is 10. The van der Waals surface area contributed by atoms with E-state index in [1.54, 1.807) is 23.8 Å². The predicted molar refractivity (Wildman–Crippen MR) is 142 cm³/mol. The second-order valence-corrected chi connectivity index (χ2v) is 9.85. The molecule has 1 aliphatic rings. The van der Waals surface area contributed by atoms with Gasteiger partial charge in [0.15, 0.2) is 18.3 Å². The first-order chi connectivity index (χ1) is 18.4. The lowest BCUT2D eigenvalue weighted by molar-refractivity contribution is -0.165. The summed E-state index contributed by atoms with van der Waals surface area (Å²) in [5.74, 6) is -3.48. The molecule has 4 N–H and O–H groups in total. The lowest BCUT2D eigenvalue weighted by Gasteiger charge is -2.28. The number of rotatable bonds is 9. The number of nitrogens with zero attached hydrogens (tertiary/aromatic N) is 2. The highest BCUT2D eigenvalue weighted by Crippen LogP contribution is 2.46. The van der Waals surface area contributed by atoms with Gasteiger partial charge in [0.2, 0.25) is 0 Å². The van der Waals surface area contributed by atoms with E-state index in [1.165, 1.54) is 6.92 Å². The maximum Gasteiger partial charge on any atom is 0.335 e. The van der Waals surface area contributed by atoms with Crippen LogP contribution < -0.4 is 9.64 Å². The highest BCUT2D eigenvalue weighted by Gasteiger charge is 2.40. The summed E-state index contributed by atoms with van der Waals surface area (Å²) < 4.78 is 10.8. The average molecular weight is 565 g/mol. The molecule has 1 heterocycles. The topological polar surface area (TPSA) is 174 Å². The highest BCUT2D eigenvalue weighted by molar-refractivity contribution is 7.99. The Morgan fingerprint density at radius 3 is 2.05 bits per heavy atom.